The fourth-order valence-electron chi connectivity index (χ4n) is 3.35. The number of para-hydroxylation sites is 1. The van der Waals surface area contributed by atoms with E-state index in [4.69, 9.17) is 9.72 Å². The maximum absolute atomic E-state index is 12.9. The number of carbonyl (C=O) groups is 1. The Kier molecular flexibility index (Phi) is 5.44. The molecule has 168 valence electrons. The molecular formula is C23H16N6O4S. The second kappa shape index (κ2) is 8.71. The maximum Gasteiger partial charge on any atom is 0.324 e. The van der Waals surface area contributed by atoms with Gasteiger partial charge in [0.15, 0.2) is 11.5 Å². The Morgan fingerprint density at radius 2 is 1.82 bits per heavy atom. The van der Waals surface area contributed by atoms with Crippen LogP contribution in [-0.4, -0.2) is 37.7 Å². The van der Waals surface area contributed by atoms with Gasteiger partial charge >= 0.3 is 5.00 Å². The number of carbonyl (C=O) groups excluding carboxylic acids is 1. The van der Waals surface area contributed by atoms with Crippen LogP contribution in [0.15, 0.2) is 72.9 Å². The molecule has 5 aromatic rings. The molecular weight excluding hydrogens is 456 g/mol. The monoisotopic (exact) mass is 472 g/mol. The first-order valence-corrected chi connectivity index (χ1v) is 10.9. The Morgan fingerprint density at radius 3 is 2.50 bits per heavy atom. The molecule has 0 saturated heterocycles. The van der Waals surface area contributed by atoms with Crippen LogP contribution in [0, 0.1) is 10.1 Å². The predicted octanol–water partition coefficient (Wildman–Crippen LogP) is 4.71. The summed E-state index contributed by atoms with van der Waals surface area (Å²) in [4.78, 5) is 32.8. The number of amides is 1. The van der Waals surface area contributed by atoms with Gasteiger partial charge in [-0.05, 0) is 42.5 Å². The van der Waals surface area contributed by atoms with Crippen molar-refractivity contribution in [1.82, 2.24) is 19.7 Å². The average molecular weight is 472 g/mol. The number of hydrogen-bond acceptors (Lipinski definition) is 8. The van der Waals surface area contributed by atoms with Crippen LogP contribution in [0.3, 0.4) is 0 Å². The van der Waals surface area contributed by atoms with E-state index in [9.17, 15) is 14.9 Å². The standard InChI is InChI=1S/C23H16N6O4S/c1-33-16-9-7-14(8-10-16)20-25-21(27-23(30)18-11-12-19(34-18)29(31)32)17-13-24-28(22(17)26-20)15-5-3-2-4-6-15/h2-13H,1H3,(H,25,26,27,30). The second-order valence-corrected chi connectivity index (χ2v) is 8.16. The first kappa shape index (κ1) is 21.2. The number of nitrogens with zero attached hydrogens (tertiary/aromatic N) is 5. The smallest absolute Gasteiger partial charge is 0.324 e. The first-order valence-electron chi connectivity index (χ1n) is 10.0. The van der Waals surface area contributed by atoms with Gasteiger partial charge < -0.3 is 10.1 Å². The minimum absolute atomic E-state index is 0.117. The van der Waals surface area contributed by atoms with Crippen molar-refractivity contribution in [3.05, 3.63) is 87.9 Å². The fourth-order valence-corrected chi connectivity index (χ4v) is 4.06. The van der Waals surface area contributed by atoms with Crippen molar-refractivity contribution >= 4 is 39.1 Å². The highest BCUT2D eigenvalue weighted by atomic mass is 32.1. The largest absolute Gasteiger partial charge is 0.497 e. The van der Waals surface area contributed by atoms with Crippen molar-refractivity contribution in [1.29, 1.82) is 0 Å². The first-order chi connectivity index (χ1) is 16.5. The zero-order valence-electron chi connectivity index (χ0n) is 17.7. The van der Waals surface area contributed by atoms with Gasteiger partial charge in [0, 0.05) is 11.6 Å². The minimum atomic E-state index is -0.532. The molecule has 3 aromatic heterocycles. The van der Waals surface area contributed by atoms with E-state index in [0.29, 0.717) is 28.2 Å². The van der Waals surface area contributed by atoms with Crippen molar-refractivity contribution in [2.24, 2.45) is 0 Å². The molecule has 2 aromatic carbocycles. The van der Waals surface area contributed by atoms with Crippen molar-refractivity contribution in [3.63, 3.8) is 0 Å². The number of rotatable bonds is 6. The second-order valence-electron chi connectivity index (χ2n) is 7.10. The van der Waals surface area contributed by atoms with Gasteiger partial charge in [0.1, 0.15) is 11.6 Å². The number of thiophene rings is 1. The third-order valence-electron chi connectivity index (χ3n) is 5.00. The summed E-state index contributed by atoms with van der Waals surface area (Å²) in [5.41, 5.74) is 2.01. The lowest BCUT2D eigenvalue weighted by Crippen LogP contribution is -2.12. The van der Waals surface area contributed by atoms with Gasteiger partial charge in [-0.2, -0.15) is 5.10 Å². The zero-order chi connectivity index (χ0) is 23.7. The fraction of sp³-hybridized carbons (Fsp3) is 0.0435. The number of ether oxygens (including phenoxy) is 1. The Bertz CT molecular complexity index is 1510. The van der Waals surface area contributed by atoms with Gasteiger partial charge in [0.05, 0.1) is 34.2 Å². The molecule has 0 bridgehead atoms. The van der Waals surface area contributed by atoms with Crippen molar-refractivity contribution in [3.8, 4) is 22.8 Å². The molecule has 0 radical (unpaired) electrons. The lowest BCUT2D eigenvalue weighted by atomic mass is 10.2. The molecule has 0 fully saturated rings. The summed E-state index contributed by atoms with van der Waals surface area (Å²) in [6, 6.07) is 19.4. The Balaban J connectivity index is 1.62. The molecule has 3 heterocycles. The Morgan fingerprint density at radius 1 is 1.06 bits per heavy atom. The average Bonchev–Trinajstić information content (AvgIpc) is 3.53. The number of fused-ring (bicyclic) bond motifs is 1. The van der Waals surface area contributed by atoms with Gasteiger partial charge in [-0.25, -0.2) is 14.6 Å². The molecule has 1 amide bonds. The molecule has 0 aliphatic heterocycles. The summed E-state index contributed by atoms with van der Waals surface area (Å²) in [6.07, 6.45) is 1.58. The topological polar surface area (TPSA) is 125 Å². The number of aromatic nitrogens is 4. The lowest BCUT2D eigenvalue weighted by molar-refractivity contribution is -0.380. The highest BCUT2D eigenvalue weighted by molar-refractivity contribution is 7.17. The lowest BCUT2D eigenvalue weighted by Gasteiger charge is -2.09. The number of methoxy groups -OCH3 is 1. The SMILES string of the molecule is COc1ccc(-c2nc(NC(=O)c3ccc([N+](=O)[O-])s3)c3cnn(-c4ccccc4)c3n2)cc1. The van der Waals surface area contributed by atoms with Gasteiger partial charge in [0.2, 0.25) is 0 Å². The van der Waals surface area contributed by atoms with Crippen molar-refractivity contribution in [2.75, 3.05) is 12.4 Å². The molecule has 10 nitrogen and oxygen atoms in total. The summed E-state index contributed by atoms with van der Waals surface area (Å²) in [5, 5.41) is 18.6. The van der Waals surface area contributed by atoms with Gasteiger partial charge in [-0.15, -0.1) is 0 Å². The summed E-state index contributed by atoms with van der Waals surface area (Å²) in [5.74, 6) is 0.803. The highest BCUT2D eigenvalue weighted by Crippen LogP contribution is 2.29. The molecule has 0 aliphatic rings. The van der Waals surface area contributed by atoms with E-state index in [-0.39, 0.29) is 15.7 Å². The maximum atomic E-state index is 12.9. The molecule has 11 heteroatoms. The van der Waals surface area contributed by atoms with E-state index in [2.05, 4.69) is 15.4 Å². The summed E-state index contributed by atoms with van der Waals surface area (Å²) in [6.45, 7) is 0. The Labute approximate surface area is 196 Å². The van der Waals surface area contributed by atoms with Gasteiger partial charge in [0.25, 0.3) is 5.91 Å². The van der Waals surface area contributed by atoms with Crippen LogP contribution in [0.25, 0.3) is 28.1 Å². The number of nitro groups is 1. The van der Waals surface area contributed by atoms with Gasteiger partial charge in [-0.1, -0.05) is 29.5 Å². The number of nitrogens with one attached hydrogen (secondary N) is 1. The van der Waals surface area contributed by atoms with Crippen LogP contribution < -0.4 is 10.1 Å². The van der Waals surface area contributed by atoms with E-state index in [1.165, 1.54) is 12.1 Å². The molecule has 0 saturated carbocycles. The number of anilines is 1. The van der Waals surface area contributed by atoms with E-state index >= 15 is 0 Å². The molecule has 34 heavy (non-hydrogen) atoms. The van der Waals surface area contributed by atoms with Crippen LogP contribution in [0.4, 0.5) is 10.8 Å². The number of hydrogen-bond donors (Lipinski definition) is 1. The van der Waals surface area contributed by atoms with Crippen LogP contribution in [-0.2, 0) is 0 Å². The summed E-state index contributed by atoms with van der Waals surface area (Å²) < 4.78 is 6.89. The molecule has 5 rings (SSSR count). The summed E-state index contributed by atoms with van der Waals surface area (Å²) >= 11 is 0.791. The molecule has 0 aliphatic carbocycles. The molecule has 0 atom stereocenters. The number of benzene rings is 2. The van der Waals surface area contributed by atoms with Crippen LogP contribution in [0.5, 0.6) is 5.75 Å². The third kappa shape index (κ3) is 3.95. The highest BCUT2D eigenvalue weighted by Gasteiger charge is 2.20. The van der Waals surface area contributed by atoms with E-state index in [0.717, 1.165) is 17.0 Å². The van der Waals surface area contributed by atoms with Crippen molar-refractivity contribution in [2.45, 2.75) is 0 Å². The third-order valence-corrected chi connectivity index (χ3v) is 6.04. The Hall–Kier alpha value is -4.64. The van der Waals surface area contributed by atoms with E-state index in [1.54, 1.807) is 30.1 Å². The molecule has 1 N–H and O–H groups in total. The van der Waals surface area contributed by atoms with Crippen molar-refractivity contribution < 1.29 is 14.5 Å². The minimum Gasteiger partial charge on any atom is -0.497 e. The van der Waals surface area contributed by atoms with Crippen LogP contribution >= 0.6 is 11.3 Å². The quantitative estimate of drug-likeness (QED) is 0.280. The van der Waals surface area contributed by atoms with Crippen LogP contribution in [0.2, 0.25) is 0 Å². The zero-order valence-corrected chi connectivity index (χ0v) is 18.5. The normalized spacial score (nSPS) is 10.9. The van der Waals surface area contributed by atoms with E-state index < -0.39 is 10.8 Å². The molecule has 0 spiro atoms. The van der Waals surface area contributed by atoms with E-state index in [1.807, 2.05) is 42.5 Å². The predicted molar refractivity (Wildman–Crippen MR) is 128 cm³/mol. The van der Waals surface area contributed by atoms with Crippen LogP contribution in [0.1, 0.15) is 9.67 Å². The van der Waals surface area contributed by atoms with Gasteiger partial charge in [-0.3, -0.25) is 14.9 Å². The molecule has 0 unspecified atom stereocenters. The summed E-state index contributed by atoms with van der Waals surface area (Å²) in [7, 11) is 1.58.